The first-order chi connectivity index (χ1) is 4.50. The Hall–Kier alpha value is 0.170. The summed E-state index contributed by atoms with van der Waals surface area (Å²) < 4.78 is 24.0. The molecule has 0 aromatic heterocycles. The molecule has 0 fully saturated rings. The van der Waals surface area contributed by atoms with Crippen LogP contribution in [0.2, 0.25) is 0 Å². The lowest BCUT2D eigenvalue weighted by molar-refractivity contribution is 0.0624. The van der Waals surface area contributed by atoms with Gasteiger partial charge in [-0.05, 0) is 25.4 Å². The van der Waals surface area contributed by atoms with Crippen molar-refractivity contribution in [2.75, 3.05) is 12.0 Å². The monoisotopic (exact) mass is 169 g/mol. The molecule has 0 rings (SSSR count). The summed E-state index contributed by atoms with van der Waals surface area (Å²) in [5, 5.41) is 0. The predicted octanol–water partition coefficient (Wildman–Crippen LogP) is 1.72. The van der Waals surface area contributed by atoms with Gasteiger partial charge in [-0.2, -0.15) is 11.8 Å². The van der Waals surface area contributed by atoms with Crippen molar-refractivity contribution in [1.29, 1.82) is 0 Å². The Morgan fingerprint density at radius 2 is 2.10 bits per heavy atom. The van der Waals surface area contributed by atoms with E-state index in [9.17, 15) is 8.78 Å². The molecule has 0 aromatic rings. The molecule has 0 saturated carbocycles. The highest BCUT2D eigenvalue weighted by molar-refractivity contribution is 7.98. The van der Waals surface area contributed by atoms with Crippen molar-refractivity contribution in [3.8, 4) is 0 Å². The molecule has 62 valence electrons. The van der Waals surface area contributed by atoms with Gasteiger partial charge in [-0.1, -0.05) is 0 Å². The second-order valence-electron chi connectivity index (χ2n) is 2.55. The van der Waals surface area contributed by atoms with Gasteiger partial charge in [-0.25, -0.2) is 8.78 Å². The Morgan fingerprint density at radius 1 is 1.60 bits per heavy atom. The smallest absolute Gasteiger partial charge is 0.256 e. The van der Waals surface area contributed by atoms with Crippen LogP contribution in [0.5, 0.6) is 0 Å². The fraction of sp³-hybridized carbons (Fsp3) is 1.00. The molecule has 4 heteroatoms. The molecule has 1 unspecified atom stereocenters. The summed E-state index contributed by atoms with van der Waals surface area (Å²) in [5.74, 6) is 0.692. The Kier molecular flexibility index (Phi) is 4.20. The zero-order valence-electron chi connectivity index (χ0n) is 6.23. The van der Waals surface area contributed by atoms with E-state index in [1.807, 2.05) is 6.26 Å². The number of hydrogen-bond acceptors (Lipinski definition) is 2. The molecule has 0 radical (unpaired) electrons. The number of nitrogens with two attached hydrogens (primary N) is 1. The first-order valence-corrected chi connectivity index (χ1v) is 4.46. The van der Waals surface area contributed by atoms with Gasteiger partial charge < -0.3 is 5.73 Å². The summed E-state index contributed by atoms with van der Waals surface area (Å²) in [7, 11) is 0. The number of halogens is 2. The highest BCUT2D eigenvalue weighted by atomic mass is 32.2. The SMILES string of the molecule is CSCCC(C)(N)C(F)F. The van der Waals surface area contributed by atoms with Crippen LogP contribution in [0.25, 0.3) is 0 Å². The topological polar surface area (TPSA) is 26.0 Å². The van der Waals surface area contributed by atoms with Crippen LogP contribution in [0.4, 0.5) is 8.78 Å². The normalized spacial score (nSPS) is 17.4. The minimum absolute atomic E-state index is 0.367. The quantitative estimate of drug-likeness (QED) is 0.693. The lowest BCUT2D eigenvalue weighted by Crippen LogP contribution is -2.44. The van der Waals surface area contributed by atoms with Crippen molar-refractivity contribution < 1.29 is 8.78 Å². The van der Waals surface area contributed by atoms with E-state index in [-0.39, 0.29) is 0 Å². The molecule has 0 aliphatic carbocycles. The maximum Gasteiger partial charge on any atom is 0.256 e. The van der Waals surface area contributed by atoms with Gasteiger partial charge in [0, 0.05) is 0 Å². The van der Waals surface area contributed by atoms with Gasteiger partial charge in [-0.3, -0.25) is 0 Å². The zero-order chi connectivity index (χ0) is 8.20. The van der Waals surface area contributed by atoms with Crippen LogP contribution in [0.1, 0.15) is 13.3 Å². The predicted molar refractivity (Wildman–Crippen MR) is 41.6 cm³/mol. The summed E-state index contributed by atoms with van der Waals surface area (Å²) in [6.07, 6.45) is -0.174. The molecule has 10 heavy (non-hydrogen) atoms. The van der Waals surface area contributed by atoms with Gasteiger partial charge in [0.1, 0.15) is 0 Å². The lowest BCUT2D eigenvalue weighted by Gasteiger charge is -2.22. The van der Waals surface area contributed by atoms with Gasteiger partial charge in [0.15, 0.2) is 0 Å². The Labute approximate surface area is 64.4 Å². The fourth-order valence-electron chi connectivity index (χ4n) is 0.431. The van der Waals surface area contributed by atoms with Crippen molar-refractivity contribution in [2.24, 2.45) is 5.73 Å². The average Bonchev–Trinajstić information content (AvgIpc) is 1.84. The van der Waals surface area contributed by atoms with E-state index in [2.05, 4.69) is 0 Å². The third-order valence-corrected chi connectivity index (χ3v) is 1.96. The molecular weight excluding hydrogens is 156 g/mol. The number of rotatable bonds is 4. The van der Waals surface area contributed by atoms with E-state index >= 15 is 0 Å². The van der Waals surface area contributed by atoms with Gasteiger partial charge in [0.25, 0.3) is 6.43 Å². The van der Waals surface area contributed by atoms with Crippen LogP contribution in [-0.2, 0) is 0 Å². The van der Waals surface area contributed by atoms with Gasteiger partial charge in [0.2, 0.25) is 0 Å². The maximum absolute atomic E-state index is 12.0. The highest BCUT2D eigenvalue weighted by Crippen LogP contribution is 2.17. The molecule has 0 aliphatic rings. The molecule has 1 atom stereocenters. The molecule has 0 spiro atoms. The summed E-state index contributed by atoms with van der Waals surface area (Å²) in [5.41, 5.74) is 3.98. The minimum Gasteiger partial charge on any atom is -0.321 e. The Bertz CT molecular complexity index is 95.7. The lowest BCUT2D eigenvalue weighted by atomic mass is 10.0. The van der Waals surface area contributed by atoms with E-state index in [4.69, 9.17) is 5.73 Å². The molecule has 0 amide bonds. The van der Waals surface area contributed by atoms with Crippen molar-refractivity contribution in [3.63, 3.8) is 0 Å². The zero-order valence-corrected chi connectivity index (χ0v) is 7.05. The van der Waals surface area contributed by atoms with E-state index in [0.717, 1.165) is 0 Å². The Balaban J connectivity index is 3.63. The average molecular weight is 169 g/mol. The van der Waals surface area contributed by atoms with Crippen molar-refractivity contribution in [2.45, 2.75) is 25.3 Å². The van der Waals surface area contributed by atoms with Crippen molar-refractivity contribution in [1.82, 2.24) is 0 Å². The van der Waals surface area contributed by atoms with Crippen LogP contribution in [0, 0.1) is 0 Å². The number of alkyl halides is 2. The molecule has 2 N–H and O–H groups in total. The van der Waals surface area contributed by atoms with Crippen molar-refractivity contribution in [3.05, 3.63) is 0 Å². The van der Waals surface area contributed by atoms with E-state index in [1.54, 1.807) is 0 Å². The number of hydrogen-bond donors (Lipinski definition) is 1. The van der Waals surface area contributed by atoms with Gasteiger partial charge >= 0.3 is 0 Å². The first kappa shape index (κ1) is 10.2. The van der Waals surface area contributed by atoms with E-state index in [1.165, 1.54) is 18.7 Å². The number of thioether (sulfide) groups is 1. The van der Waals surface area contributed by atoms with Crippen LogP contribution in [-0.4, -0.2) is 24.0 Å². The molecular formula is C6H13F2NS. The second kappa shape index (κ2) is 4.13. The molecule has 0 heterocycles. The second-order valence-corrected chi connectivity index (χ2v) is 3.53. The third kappa shape index (κ3) is 3.37. The van der Waals surface area contributed by atoms with Crippen LogP contribution < -0.4 is 5.73 Å². The summed E-state index contributed by atoms with van der Waals surface area (Å²) in [4.78, 5) is 0. The summed E-state index contributed by atoms with van der Waals surface area (Å²) in [6, 6.07) is 0. The maximum atomic E-state index is 12.0. The summed E-state index contributed by atoms with van der Waals surface area (Å²) in [6.45, 7) is 1.38. The standard InChI is InChI=1S/C6H13F2NS/c1-6(9,5(7)8)3-4-10-2/h5H,3-4,9H2,1-2H3. The molecule has 0 aliphatic heterocycles. The summed E-state index contributed by atoms with van der Waals surface area (Å²) >= 11 is 1.53. The third-order valence-electron chi connectivity index (χ3n) is 1.34. The highest BCUT2D eigenvalue weighted by Gasteiger charge is 2.29. The van der Waals surface area contributed by atoms with Crippen molar-refractivity contribution >= 4 is 11.8 Å². The Morgan fingerprint density at radius 3 is 2.40 bits per heavy atom. The van der Waals surface area contributed by atoms with Crippen LogP contribution in [0.3, 0.4) is 0 Å². The van der Waals surface area contributed by atoms with E-state index < -0.39 is 12.0 Å². The molecule has 0 saturated heterocycles. The minimum atomic E-state index is -2.42. The van der Waals surface area contributed by atoms with E-state index in [0.29, 0.717) is 12.2 Å². The van der Waals surface area contributed by atoms with Crippen LogP contribution in [0.15, 0.2) is 0 Å². The molecule has 1 nitrogen and oxygen atoms in total. The van der Waals surface area contributed by atoms with Crippen LogP contribution >= 0.6 is 11.8 Å². The van der Waals surface area contributed by atoms with Gasteiger partial charge in [0.05, 0.1) is 5.54 Å². The fourth-order valence-corrected chi connectivity index (χ4v) is 1.08. The van der Waals surface area contributed by atoms with Gasteiger partial charge in [-0.15, -0.1) is 0 Å². The first-order valence-electron chi connectivity index (χ1n) is 3.06. The molecule has 0 aromatic carbocycles. The molecule has 0 bridgehead atoms. The largest absolute Gasteiger partial charge is 0.321 e.